The van der Waals surface area contributed by atoms with Crippen LogP contribution in [0.15, 0.2) is 18.5 Å². The number of ether oxygens (including phenoxy) is 2. The van der Waals surface area contributed by atoms with Gasteiger partial charge in [-0.15, -0.1) is 0 Å². The van der Waals surface area contributed by atoms with Crippen molar-refractivity contribution in [3.63, 3.8) is 0 Å². The molecule has 2 atom stereocenters. The van der Waals surface area contributed by atoms with Crippen molar-refractivity contribution < 1.29 is 18.8 Å². The van der Waals surface area contributed by atoms with Gasteiger partial charge in [-0.2, -0.15) is 0 Å². The third-order valence-electron chi connectivity index (χ3n) is 3.91. The van der Waals surface area contributed by atoms with E-state index in [0.29, 0.717) is 6.61 Å². The van der Waals surface area contributed by atoms with E-state index in [2.05, 4.69) is 4.98 Å². The standard InChI is InChI=1S/C14H20BNO4/c1-10-14(2,3)20-15(19-10)11-6-13(8-16-7-11)18-12-4-5-17-9-12/h6-8,10,12H,4-5,9H2,1-3H3. The molecule has 2 aliphatic rings. The van der Waals surface area contributed by atoms with Gasteiger partial charge in [-0.05, 0) is 26.8 Å². The average molecular weight is 277 g/mol. The maximum absolute atomic E-state index is 5.93. The maximum atomic E-state index is 5.93. The van der Waals surface area contributed by atoms with Crippen molar-refractivity contribution in [2.75, 3.05) is 13.2 Å². The van der Waals surface area contributed by atoms with Gasteiger partial charge in [0.2, 0.25) is 0 Å². The van der Waals surface area contributed by atoms with E-state index in [-0.39, 0.29) is 24.9 Å². The van der Waals surface area contributed by atoms with Crippen LogP contribution in [0.3, 0.4) is 0 Å². The molecule has 2 saturated heterocycles. The van der Waals surface area contributed by atoms with Crippen molar-refractivity contribution in [1.82, 2.24) is 4.98 Å². The third kappa shape index (κ3) is 2.82. The molecule has 0 aromatic carbocycles. The summed E-state index contributed by atoms with van der Waals surface area (Å²) in [5.74, 6) is 0.738. The van der Waals surface area contributed by atoms with E-state index in [1.807, 2.05) is 26.8 Å². The Labute approximate surface area is 119 Å². The number of hydrogen-bond acceptors (Lipinski definition) is 5. The highest BCUT2D eigenvalue weighted by Crippen LogP contribution is 2.27. The summed E-state index contributed by atoms with van der Waals surface area (Å²) in [7, 11) is -0.379. The quantitative estimate of drug-likeness (QED) is 0.776. The molecule has 0 radical (unpaired) electrons. The smallest absolute Gasteiger partial charge is 0.486 e. The summed E-state index contributed by atoms with van der Waals surface area (Å²) >= 11 is 0. The van der Waals surface area contributed by atoms with Gasteiger partial charge in [0.05, 0.1) is 31.1 Å². The Bertz CT molecular complexity index is 476. The fraction of sp³-hybridized carbons (Fsp3) is 0.643. The molecule has 0 N–H and O–H groups in total. The highest BCUT2D eigenvalue weighted by atomic mass is 16.7. The summed E-state index contributed by atoms with van der Waals surface area (Å²) in [4.78, 5) is 4.22. The van der Waals surface area contributed by atoms with E-state index in [0.717, 1.165) is 24.2 Å². The minimum Gasteiger partial charge on any atom is -0.486 e. The zero-order valence-electron chi connectivity index (χ0n) is 12.2. The van der Waals surface area contributed by atoms with Gasteiger partial charge in [-0.1, -0.05) is 0 Å². The van der Waals surface area contributed by atoms with Gasteiger partial charge in [0, 0.05) is 18.1 Å². The van der Waals surface area contributed by atoms with Gasteiger partial charge in [0.25, 0.3) is 0 Å². The fourth-order valence-electron chi connectivity index (χ4n) is 2.32. The molecule has 20 heavy (non-hydrogen) atoms. The summed E-state index contributed by atoms with van der Waals surface area (Å²) < 4.78 is 22.9. The summed E-state index contributed by atoms with van der Waals surface area (Å²) in [6.45, 7) is 7.48. The molecule has 2 aliphatic heterocycles. The second-order valence-electron chi connectivity index (χ2n) is 5.89. The van der Waals surface area contributed by atoms with Gasteiger partial charge in [0.15, 0.2) is 0 Å². The van der Waals surface area contributed by atoms with Crippen LogP contribution in [0.2, 0.25) is 0 Å². The fourth-order valence-corrected chi connectivity index (χ4v) is 2.32. The molecule has 2 unspecified atom stereocenters. The Hall–Kier alpha value is -1.11. The van der Waals surface area contributed by atoms with Crippen LogP contribution in [0.5, 0.6) is 5.75 Å². The molecule has 3 rings (SSSR count). The summed E-state index contributed by atoms with van der Waals surface area (Å²) in [5.41, 5.74) is 0.597. The Morgan fingerprint density at radius 3 is 2.90 bits per heavy atom. The van der Waals surface area contributed by atoms with E-state index in [9.17, 15) is 0 Å². The van der Waals surface area contributed by atoms with Gasteiger partial charge in [-0.25, -0.2) is 0 Å². The Morgan fingerprint density at radius 2 is 2.25 bits per heavy atom. The molecule has 0 aliphatic carbocycles. The maximum Gasteiger partial charge on any atom is 0.496 e. The Kier molecular flexibility index (Phi) is 3.71. The lowest BCUT2D eigenvalue weighted by atomic mass is 9.80. The highest BCUT2D eigenvalue weighted by molar-refractivity contribution is 6.61. The summed E-state index contributed by atoms with van der Waals surface area (Å²) in [6.07, 6.45) is 4.56. The third-order valence-corrected chi connectivity index (χ3v) is 3.91. The summed E-state index contributed by atoms with van der Waals surface area (Å²) in [5, 5.41) is 0. The molecule has 3 heterocycles. The molecule has 2 fully saturated rings. The molecule has 0 saturated carbocycles. The molecule has 1 aromatic heterocycles. The average Bonchev–Trinajstić information content (AvgIpc) is 2.99. The van der Waals surface area contributed by atoms with Crippen molar-refractivity contribution in [2.24, 2.45) is 0 Å². The van der Waals surface area contributed by atoms with E-state index in [1.165, 1.54) is 0 Å². The molecule has 6 heteroatoms. The monoisotopic (exact) mass is 277 g/mol. The second-order valence-corrected chi connectivity index (χ2v) is 5.89. The van der Waals surface area contributed by atoms with Gasteiger partial charge < -0.3 is 18.8 Å². The van der Waals surface area contributed by atoms with Crippen LogP contribution < -0.4 is 10.2 Å². The minimum atomic E-state index is -0.379. The zero-order chi connectivity index (χ0) is 14.2. The predicted molar refractivity (Wildman–Crippen MR) is 75.2 cm³/mol. The second kappa shape index (κ2) is 5.35. The van der Waals surface area contributed by atoms with Crippen LogP contribution in [0, 0.1) is 0 Å². The lowest BCUT2D eigenvalue weighted by molar-refractivity contribution is 0.0842. The van der Waals surface area contributed by atoms with Crippen LogP contribution in [-0.4, -0.2) is 43.1 Å². The van der Waals surface area contributed by atoms with Gasteiger partial charge in [0.1, 0.15) is 11.9 Å². The minimum absolute atomic E-state index is 0.0420. The van der Waals surface area contributed by atoms with Crippen LogP contribution in [-0.2, 0) is 14.0 Å². The number of aromatic nitrogens is 1. The molecular weight excluding hydrogens is 257 g/mol. The number of hydrogen-bond donors (Lipinski definition) is 0. The largest absolute Gasteiger partial charge is 0.496 e. The van der Waals surface area contributed by atoms with Crippen molar-refractivity contribution in [3.8, 4) is 5.75 Å². The van der Waals surface area contributed by atoms with Crippen LogP contribution in [0.1, 0.15) is 27.2 Å². The predicted octanol–water partition coefficient (Wildman–Crippen LogP) is 1.16. The van der Waals surface area contributed by atoms with Crippen LogP contribution in [0.25, 0.3) is 0 Å². The van der Waals surface area contributed by atoms with E-state index in [4.69, 9.17) is 18.8 Å². The Balaban J connectivity index is 1.71. The first-order valence-corrected chi connectivity index (χ1v) is 7.07. The first kappa shape index (κ1) is 13.9. The van der Waals surface area contributed by atoms with Crippen LogP contribution >= 0.6 is 0 Å². The first-order valence-electron chi connectivity index (χ1n) is 7.07. The van der Waals surface area contributed by atoms with Crippen LogP contribution in [0.4, 0.5) is 0 Å². The van der Waals surface area contributed by atoms with Crippen molar-refractivity contribution in [2.45, 2.75) is 45.0 Å². The molecule has 0 amide bonds. The molecule has 0 bridgehead atoms. The number of nitrogens with zero attached hydrogens (tertiary/aromatic N) is 1. The summed E-state index contributed by atoms with van der Waals surface area (Å²) in [6, 6.07) is 1.93. The number of pyridine rings is 1. The molecule has 1 aromatic rings. The zero-order valence-corrected chi connectivity index (χ0v) is 12.2. The van der Waals surface area contributed by atoms with Crippen molar-refractivity contribution in [1.29, 1.82) is 0 Å². The Morgan fingerprint density at radius 1 is 1.40 bits per heavy atom. The highest BCUT2D eigenvalue weighted by Gasteiger charge is 2.44. The van der Waals surface area contributed by atoms with E-state index >= 15 is 0 Å². The lowest BCUT2D eigenvalue weighted by Crippen LogP contribution is -2.35. The first-order chi connectivity index (χ1) is 9.54. The number of rotatable bonds is 3. The topological polar surface area (TPSA) is 49.8 Å². The van der Waals surface area contributed by atoms with Gasteiger partial charge >= 0.3 is 7.12 Å². The SMILES string of the molecule is CC1OB(c2cncc(OC3CCOC3)c2)OC1(C)C. The van der Waals surface area contributed by atoms with E-state index < -0.39 is 0 Å². The van der Waals surface area contributed by atoms with Gasteiger partial charge in [-0.3, -0.25) is 4.98 Å². The lowest BCUT2D eigenvalue weighted by Gasteiger charge is -2.21. The molecular formula is C14H20BNO4. The molecule has 108 valence electrons. The van der Waals surface area contributed by atoms with Crippen molar-refractivity contribution in [3.05, 3.63) is 18.5 Å². The molecule has 0 spiro atoms. The molecule has 5 nitrogen and oxygen atoms in total. The van der Waals surface area contributed by atoms with E-state index in [1.54, 1.807) is 12.4 Å². The van der Waals surface area contributed by atoms with Crippen molar-refractivity contribution >= 4 is 12.6 Å². The normalized spacial score (nSPS) is 28.9.